The minimum atomic E-state index is 0. The van der Waals surface area contributed by atoms with Crippen LogP contribution in [0.2, 0.25) is 5.02 Å². The van der Waals surface area contributed by atoms with E-state index in [1.807, 2.05) is 24.3 Å². The Morgan fingerprint density at radius 3 is 2.44 bits per heavy atom. The number of nitrogens with one attached hydrogen (secondary N) is 1. The first-order valence-electron chi connectivity index (χ1n) is 9.30. The van der Waals surface area contributed by atoms with Gasteiger partial charge in [0.25, 0.3) is 0 Å². The maximum atomic E-state index is 5.96. The molecule has 0 bridgehead atoms. The molecule has 0 atom stereocenters. The molecule has 4 rings (SSSR count). The fraction of sp³-hybridized carbons (Fsp3) is 0.333. The third-order valence-electron chi connectivity index (χ3n) is 4.85. The lowest BCUT2D eigenvalue weighted by Crippen LogP contribution is -2.31. The molecule has 2 heterocycles. The molecule has 0 aliphatic carbocycles. The summed E-state index contributed by atoms with van der Waals surface area (Å²) in [5.74, 6) is 1.77. The third kappa shape index (κ3) is 4.82. The van der Waals surface area contributed by atoms with Crippen LogP contribution in [-0.4, -0.2) is 29.6 Å². The number of fused-ring (bicyclic) bond motifs is 1. The van der Waals surface area contributed by atoms with Gasteiger partial charge in [-0.3, -0.25) is 0 Å². The van der Waals surface area contributed by atoms with Gasteiger partial charge in [-0.05, 0) is 55.5 Å². The lowest BCUT2D eigenvalue weighted by Gasteiger charge is -2.27. The standard InChI is InChI=1S/C21H23ClN4.ClH/c22-17-10-8-16(9-11-17)12-13-23-20-18-6-2-3-7-19(18)24-21(25-20)26-14-4-1-5-15-26;/h2-3,6-11H,1,4-5,12-15H2,(H,23,24,25);1H. The van der Waals surface area contributed by atoms with Crippen molar-refractivity contribution in [3.05, 3.63) is 59.1 Å². The normalized spacial score (nSPS) is 14.0. The number of rotatable bonds is 5. The molecule has 0 saturated carbocycles. The number of benzene rings is 2. The Morgan fingerprint density at radius 2 is 1.67 bits per heavy atom. The van der Waals surface area contributed by atoms with E-state index in [2.05, 4.69) is 34.5 Å². The van der Waals surface area contributed by atoms with E-state index in [9.17, 15) is 0 Å². The summed E-state index contributed by atoms with van der Waals surface area (Å²) in [6.07, 6.45) is 4.66. The zero-order valence-electron chi connectivity index (χ0n) is 15.2. The molecule has 6 heteroatoms. The van der Waals surface area contributed by atoms with E-state index in [1.165, 1.54) is 24.8 Å². The van der Waals surface area contributed by atoms with Crippen LogP contribution in [0.3, 0.4) is 0 Å². The molecule has 1 aliphatic heterocycles. The molecular formula is C21H24Cl2N4. The fourth-order valence-electron chi connectivity index (χ4n) is 3.41. The van der Waals surface area contributed by atoms with E-state index in [-0.39, 0.29) is 12.4 Å². The van der Waals surface area contributed by atoms with Crippen LogP contribution in [-0.2, 0) is 6.42 Å². The molecule has 1 fully saturated rings. The number of anilines is 2. The van der Waals surface area contributed by atoms with E-state index < -0.39 is 0 Å². The second-order valence-electron chi connectivity index (χ2n) is 6.74. The largest absolute Gasteiger partial charge is 0.369 e. The van der Waals surface area contributed by atoms with Crippen molar-refractivity contribution >= 4 is 46.7 Å². The first-order valence-corrected chi connectivity index (χ1v) is 9.67. The summed E-state index contributed by atoms with van der Waals surface area (Å²) in [5.41, 5.74) is 2.26. The molecule has 1 aliphatic rings. The van der Waals surface area contributed by atoms with Gasteiger partial charge in [-0.15, -0.1) is 12.4 Å². The molecule has 1 aromatic heterocycles. The van der Waals surface area contributed by atoms with Crippen LogP contribution in [0.25, 0.3) is 10.9 Å². The zero-order chi connectivity index (χ0) is 17.8. The molecule has 1 saturated heterocycles. The molecule has 0 unspecified atom stereocenters. The second-order valence-corrected chi connectivity index (χ2v) is 7.18. The minimum absolute atomic E-state index is 0. The van der Waals surface area contributed by atoms with E-state index in [1.54, 1.807) is 0 Å². The number of para-hydroxylation sites is 1. The number of halogens is 2. The van der Waals surface area contributed by atoms with E-state index >= 15 is 0 Å². The highest BCUT2D eigenvalue weighted by molar-refractivity contribution is 6.30. The van der Waals surface area contributed by atoms with Crippen molar-refractivity contribution in [1.29, 1.82) is 0 Å². The first kappa shape index (κ1) is 19.7. The Kier molecular flexibility index (Phi) is 6.75. The Balaban J connectivity index is 0.00000210. The molecular weight excluding hydrogens is 379 g/mol. The van der Waals surface area contributed by atoms with Crippen molar-refractivity contribution in [3.8, 4) is 0 Å². The van der Waals surface area contributed by atoms with Gasteiger partial charge in [0, 0.05) is 30.0 Å². The molecule has 27 heavy (non-hydrogen) atoms. The number of hydrogen-bond acceptors (Lipinski definition) is 4. The predicted octanol–water partition coefficient (Wildman–Crippen LogP) is 5.35. The molecule has 3 aromatic rings. The second kappa shape index (κ2) is 9.25. The minimum Gasteiger partial charge on any atom is -0.369 e. The third-order valence-corrected chi connectivity index (χ3v) is 5.10. The summed E-state index contributed by atoms with van der Waals surface area (Å²) in [6, 6.07) is 16.2. The van der Waals surface area contributed by atoms with Crippen LogP contribution in [0.4, 0.5) is 11.8 Å². The first-order chi connectivity index (χ1) is 12.8. The number of hydrogen-bond donors (Lipinski definition) is 1. The van der Waals surface area contributed by atoms with Gasteiger partial charge in [0.1, 0.15) is 5.82 Å². The quantitative estimate of drug-likeness (QED) is 0.624. The average molecular weight is 403 g/mol. The van der Waals surface area contributed by atoms with Gasteiger partial charge in [-0.2, -0.15) is 4.98 Å². The van der Waals surface area contributed by atoms with Crippen LogP contribution in [0, 0.1) is 0 Å². The number of nitrogens with zero attached hydrogens (tertiary/aromatic N) is 3. The van der Waals surface area contributed by atoms with Crippen LogP contribution in [0.15, 0.2) is 48.5 Å². The summed E-state index contributed by atoms with van der Waals surface area (Å²) < 4.78 is 0. The molecule has 2 aromatic carbocycles. The Labute approximate surface area is 171 Å². The number of piperidine rings is 1. The Morgan fingerprint density at radius 1 is 0.926 bits per heavy atom. The molecule has 0 amide bonds. The summed E-state index contributed by atoms with van der Waals surface area (Å²) in [4.78, 5) is 12.0. The summed E-state index contributed by atoms with van der Waals surface area (Å²) >= 11 is 5.96. The van der Waals surface area contributed by atoms with Gasteiger partial charge >= 0.3 is 0 Å². The average Bonchev–Trinajstić information content (AvgIpc) is 2.70. The lowest BCUT2D eigenvalue weighted by atomic mass is 10.1. The molecule has 1 N–H and O–H groups in total. The number of aromatic nitrogens is 2. The van der Waals surface area contributed by atoms with Gasteiger partial charge < -0.3 is 10.2 Å². The van der Waals surface area contributed by atoms with Crippen LogP contribution < -0.4 is 10.2 Å². The van der Waals surface area contributed by atoms with Crippen molar-refractivity contribution in [2.75, 3.05) is 29.9 Å². The Hall–Kier alpha value is -2.04. The van der Waals surface area contributed by atoms with Crippen LogP contribution in [0.1, 0.15) is 24.8 Å². The van der Waals surface area contributed by atoms with Crippen molar-refractivity contribution < 1.29 is 0 Å². The van der Waals surface area contributed by atoms with E-state index in [4.69, 9.17) is 21.6 Å². The molecule has 0 spiro atoms. The smallest absolute Gasteiger partial charge is 0.227 e. The van der Waals surface area contributed by atoms with E-state index in [0.717, 1.165) is 53.7 Å². The van der Waals surface area contributed by atoms with Crippen LogP contribution in [0.5, 0.6) is 0 Å². The summed E-state index contributed by atoms with van der Waals surface area (Å²) in [6.45, 7) is 2.91. The maximum absolute atomic E-state index is 5.96. The summed E-state index contributed by atoms with van der Waals surface area (Å²) in [5, 5.41) is 5.37. The molecule has 4 nitrogen and oxygen atoms in total. The van der Waals surface area contributed by atoms with E-state index in [0.29, 0.717) is 0 Å². The topological polar surface area (TPSA) is 41.1 Å². The molecule has 142 valence electrons. The molecule has 0 radical (unpaired) electrons. The van der Waals surface area contributed by atoms with Gasteiger partial charge in [0.15, 0.2) is 0 Å². The van der Waals surface area contributed by atoms with Gasteiger partial charge in [-0.25, -0.2) is 4.98 Å². The van der Waals surface area contributed by atoms with Gasteiger partial charge in [-0.1, -0.05) is 35.9 Å². The highest BCUT2D eigenvalue weighted by Gasteiger charge is 2.16. The van der Waals surface area contributed by atoms with Crippen molar-refractivity contribution in [3.63, 3.8) is 0 Å². The summed E-state index contributed by atoms with van der Waals surface area (Å²) in [7, 11) is 0. The Bertz CT molecular complexity index is 877. The maximum Gasteiger partial charge on any atom is 0.227 e. The monoisotopic (exact) mass is 402 g/mol. The van der Waals surface area contributed by atoms with Gasteiger partial charge in [0.2, 0.25) is 5.95 Å². The van der Waals surface area contributed by atoms with Crippen LogP contribution >= 0.6 is 24.0 Å². The highest BCUT2D eigenvalue weighted by Crippen LogP contribution is 2.25. The van der Waals surface area contributed by atoms with Gasteiger partial charge in [0.05, 0.1) is 5.52 Å². The van der Waals surface area contributed by atoms with Crippen molar-refractivity contribution in [1.82, 2.24) is 9.97 Å². The predicted molar refractivity (Wildman–Crippen MR) is 116 cm³/mol. The fourth-order valence-corrected chi connectivity index (χ4v) is 3.54. The SMILES string of the molecule is Cl.Clc1ccc(CCNc2nc(N3CCCCC3)nc3ccccc23)cc1. The highest BCUT2D eigenvalue weighted by atomic mass is 35.5. The van der Waals surface area contributed by atoms with Crippen molar-refractivity contribution in [2.24, 2.45) is 0 Å². The lowest BCUT2D eigenvalue weighted by molar-refractivity contribution is 0.569. The zero-order valence-corrected chi connectivity index (χ0v) is 16.8. The van der Waals surface area contributed by atoms with Crippen molar-refractivity contribution in [2.45, 2.75) is 25.7 Å².